The number of nitrogen functional groups attached to an aromatic ring is 1. The Kier molecular flexibility index (Phi) is 4.54. The Morgan fingerprint density at radius 2 is 2.21 bits per heavy atom. The largest absolute Gasteiger partial charge is 0.352 e. The highest BCUT2D eigenvalue weighted by atomic mass is 32.1. The van der Waals surface area contributed by atoms with Crippen LogP contribution >= 0.6 is 11.3 Å². The standard InChI is InChI=1S/C14H17N3OS/c1-10-4-5-12(13(9-10)17-15)14(18)16-7-6-11-3-2-8-19-11/h2-5,8-9,17H,6-7,15H2,1H3,(H,16,18). The van der Waals surface area contributed by atoms with Crippen molar-refractivity contribution in [2.45, 2.75) is 13.3 Å². The van der Waals surface area contributed by atoms with Crippen molar-refractivity contribution in [1.82, 2.24) is 5.32 Å². The number of carbonyl (C=O) groups is 1. The SMILES string of the molecule is Cc1ccc(C(=O)NCCc2cccs2)c(NN)c1. The first kappa shape index (κ1) is 13.6. The molecule has 0 saturated heterocycles. The minimum Gasteiger partial charge on any atom is -0.352 e. The van der Waals surface area contributed by atoms with Crippen molar-refractivity contribution in [3.8, 4) is 0 Å². The molecule has 1 heterocycles. The van der Waals surface area contributed by atoms with Gasteiger partial charge in [0.1, 0.15) is 0 Å². The molecule has 0 aliphatic rings. The van der Waals surface area contributed by atoms with Crippen LogP contribution in [-0.2, 0) is 6.42 Å². The molecule has 4 nitrogen and oxygen atoms in total. The summed E-state index contributed by atoms with van der Waals surface area (Å²) in [6.45, 7) is 2.58. The van der Waals surface area contributed by atoms with Crippen LogP contribution in [0.5, 0.6) is 0 Å². The van der Waals surface area contributed by atoms with Crippen LogP contribution in [0.25, 0.3) is 0 Å². The third-order valence-electron chi connectivity index (χ3n) is 2.81. The number of rotatable bonds is 5. The van der Waals surface area contributed by atoms with Gasteiger partial charge in [0.15, 0.2) is 0 Å². The van der Waals surface area contributed by atoms with Crippen molar-refractivity contribution < 1.29 is 4.79 Å². The zero-order valence-corrected chi connectivity index (χ0v) is 11.6. The van der Waals surface area contributed by atoms with Crippen molar-refractivity contribution >= 4 is 22.9 Å². The Bertz CT molecular complexity index is 552. The van der Waals surface area contributed by atoms with Gasteiger partial charge < -0.3 is 10.7 Å². The van der Waals surface area contributed by atoms with E-state index in [1.54, 1.807) is 17.4 Å². The summed E-state index contributed by atoms with van der Waals surface area (Å²) in [5.74, 6) is 5.33. The highest BCUT2D eigenvalue weighted by Gasteiger charge is 2.10. The van der Waals surface area contributed by atoms with E-state index >= 15 is 0 Å². The maximum absolute atomic E-state index is 12.1. The number of benzene rings is 1. The number of nitrogens with two attached hydrogens (primary N) is 1. The van der Waals surface area contributed by atoms with Crippen LogP contribution < -0.4 is 16.6 Å². The van der Waals surface area contributed by atoms with Gasteiger partial charge in [0, 0.05) is 11.4 Å². The summed E-state index contributed by atoms with van der Waals surface area (Å²) in [5.41, 5.74) is 4.84. The predicted octanol–water partition coefficient (Wildman–Crippen LogP) is 2.31. The van der Waals surface area contributed by atoms with Crippen LogP contribution in [-0.4, -0.2) is 12.5 Å². The van der Waals surface area contributed by atoms with Gasteiger partial charge in [-0.05, 0) is 42.5 Å². The smallest absolute Gasteiger partial charge is 0.253 e. The fourth-order valence-electron chi connectivity index (χ4n) is 1.82. The molecule has 100 valence electrons. The van der Waals surface area contributed by atoms with Crippen molar-refractivity contribution in [2.24, 2.45) is 5.84 Å². The van der Waals surface area contributed by atoms with E-state index in [0.717, 1.165) is 12.0 Å². The lowest BCUT2D eigenvalue weighted by Crippen LogP contribution is -2.27. The summed E-state index contributed by atoms with van der Waals surface area (Å²) >= 11 is 1.70. The van der Waals surface area contributed by atoms with E-state index in [9.17, 15) is 4.79 Å². The third kappa shape index (κ3) is 3.56. The number of amides is 1. The molecule has 0 aliphatic carbocycles. The summed E-state index contributed by atoms with van der Waals surface area (Å²) in [4.78, 5) is 13.3. The number of anilines is 1. The lowest BCUT2D eigenvalue weighted by Gasteiger charge is -2.10. The van der Waals surface area contributed by atoms with Crippen LogP contribution in [0.2, 0.25) is 0 Å². The maximum atomic E-state index is 12.1. The van der Waals surface area contributed by atoms with E-state index in [0.29, 0.717) is 17.8 Å². The number of thiophene rings is 1. The lowest BCUT2D eigenvalue weighted by molar-refractivity contribution is 0.0955. The average molecular weight is 275 g/mol. The first-order valence-electron chi connectivity index (χ1n) is 6.08. The zero-order chi connectivity index (χ0) is 13.7. The number of aryl methyl sites for hydroxylation is 1. The Labute approximate surface area is 116 Å². The van der Waals surface area contributed by atoms with Gasteiger partial charge in [-0.1, -0.05) is 12.1 Å². The first-order chi connectivity index (χ1) is 9.20. The molecule has 0 fully saturated rings. The van der Waals surface area contributed by atoms with Crippen LogP contribution in [0.15, 0.2) is 35.7 Å². The van der Waals surface area contributed by atoms with Crippen LogP contribution in [0.3, 0.4) is 0 Å². The first-order valence-corrected chi connectivity index (χ1v) is 6.96. The molecule has 19 heavy (non-hydrogen) atoms. The molecule has 0 saturated carbocycles. The Morgan fingerprint density at radius 3 is 2.89 bits per heavy atom. The summed E-state index contributed by atoms with van der Waals surface area (Å²) in [7, 11) is 0. The van der Waals surface area contributed by atoms with E-state index in [2.05, 4.69) is 16.8 Å². The lowest BCUT2D eigenvalue weighted by atomic mass is 10.1. The van der Waals surface area contributed by atoms with Crippen molar-refractivity contribution in [3.05, 3.63) is 51.7 Å². The monoisotopic (exact) mass is 275 g/mol. The highest BCUT2D eigenvalue weighted by molar-refractivity contribution is 7.09. The highest BCUT2D eigenvalue weighted by Crippen LogP contribution is 2.16. The van der Waals surface area contributed by atoms with E-state index in [1.807, 2.05) is 30.5 Å². The molecule has 2 rings (SSSR count). The minimum absolute atomic E-state index is 0.107. The summed E-state index contributed by atoms with van der Waals surface area (Å²) < 4.78 is 0. The minimum atomic E-state index is -0.107. The molecular formula is C14H17N3OS. The van der Waals surface area contributed by atoms with Crippen LogP contribution in [0, 0.1) is 6.92 Å². The van der Waals surface area contributed by atoms with Gasteiger partial charge in [0.05, 0.1) is 11.3 Å². The molecule has 0 unspecified atom stereocenters. The van der Waals surface area contributed by atoms with Crippen molar-refractivity contribution in [3.63, 3.8) is 0 Å². The average Bonchev–Trinajstić information content (AvgIpc) is 2.91. The molecule has 1 amide bonds. The molecule has 0 atom stereocenters. The van der Waals surface area contributed by atoms with Crippen LogP contribution in [0.4, 0.5) is 5.69 Å². The fourth-order valence-corrected chi connectivity index (χ4v) is 2.53. The van der Waals surface area contributed by atoms with Gasteiger partial charge >= 0.3 is 0 Å². The topological polar surface area (TPSA) is 67.2 Å². The molecule has 1 aromatic carbocycles. The van der Waals surface area contributed by atoms with E-state index in [4.69, 9.17) is 5.84 Å². The number of nitrogens with one attached hydrogen (secondary N) is 2. The third-order valence-corrected chi connectivity index (χ3v) is 3.75. The maximum Gasteiger partial charge on any atom is 0.253 e. The molecule has 5 heteroatoms. The van der Waals surface area contributed by atoms with Gasteiger partial charge in [-0.25, -0.2) is 0 Å². The van der Waals surface area contributed by atoms with Gasteiger partial charge in [-0.2, -0.15) is 0 Å². The quantitative estimate of drug-likeness (QED) is 0.579. The molecule has 2 aromatic rings. The second-order valence-electron chi connectivity index (χ2n) is 4.28. The summed E-state index contributed by atoms with van der Waals surface area (Å²) in [6.07, 6.45) is 0.848. The molecule has 0 spiro atoms. The summed E-state index contributed by atoms with van der Waals surface area (Å²) in [6, 6.07) is 9.61. The molecule has 1 aromatic heterocycles. The molecule has 0 radical (unpaired) electrons. The normalized spacial score (nSPS) is 10.2. The second kappa shape index (κ2) is 6.36. The number of hydrogen-bond donors (Lipinski definition) is 3. The van der Waals surface area contributed by atoms with Crippen molar-refractivity contribution in [1.29, 1.82) is 0 Å². The number of hydrogen-bond acceptors (Lipinski definition) is 4. The van der Waals surface area contributed by atoms with Crippen molar-refractivity contribution in [2.75, 3.05) is 12.0 Å². The van der Waals surface area contributed by atoms with Gasteiger partial charge in [-0.15, -0.1) is 11.3 Å². The van der Waals surface area contributed by atoms with Crippen LogP contribution in [0.1, 0.15) is 20.8 Å². The summed E-state index contributed by atoms with van der Waals surface area (Å²) in [5, 5.41) is 4.94. The van der Waals surface area contributed by atoms with Gasteiger partial charge in [-0.3, -0.25) is 10.6 Å². The number of hydrazine groups is 1. The second-order valence-corrected chi connectivity index (χ2v) is 5.31. The van der Waals surface area contributed by atoms with E-state index in [1.165, 1.54) is 4.88 Å². The molecule has 0 aliphatic heterocycles. The molecule has 4 N–H and O–H groups in total. The molecular weight excluding hydrogens is 258 g/mol. The Morgan fingerprint density at radius 1 is 1.37 bits per heavy atom. The van der Waals surface area contributed by atoms with Gasteiger partial charge in [0.2, 0.25) is 0 Å². The predicted molar refractivity (Wildman–Crippen MR) is 79.3 cm³/mol. The zero-order valence-electron chi connectivity index (χ0n) is 10.8. The molecule has 0 bridgehead atoms. The van der Waals surface area contributed by atoms with Gasteiger partial charge in [0.25, 0.3) is 5.91 Å². The number of carbonyl (C=O) groups excluding carboxylic acids is 1. The Balaban J connectivity index is 1.96. The van der Waals surface area contributed by atoms with E-state index < -0.39 is 0 Å². The fraction of sp³-hybridized carbons (Fsp3) is 0.214. The Hall–Kier alpha value is -1.85. The van der Waals surface area contributed by atoms with E-state index in [-0.39, 0.29) is 5.91 Å².